The highest BCUT2D eigenvalue weighted by Gasteiger charge is 2.34. The van der Waals surface area contributed by atoms with E-state index in [1.165, 1.54) is 0 Å². The van der Waals surface area contributed by atoms with Crippen molar-refractivity contribution in [1.29, 1.82) is 0 Å². The van der Waals surface area contributed by atoms with Crippen LogP contribution in [0.15, 0.2) is 53.4 Å². The van der Waals surface area contributed by atoms with Crippen LogP contribution in [0.4, 0.5) is 25.8 Å². The molecule has 0 bridgehead atoms. The van der Waals surface area contributed by atoms with Crippen molar-refractivity contribution in [1.82, 2.24) is 0 Å². The van der Waals surface area contributed by atoms with Crippen molar-refractivity contribution < 1.29 is 8.78 Å². The number of nitrogens with zero attached hydrogens (tertiary/aromatic N) is 1. The van der Waals surface area contributed by atoms with Crippen LogP contribution in [0.3, 0.4) is 0 Å². The highest BCUT2D eigenvalue weighted by molar-refractivity contribution is 8.00. The van der Waals surface area contributed by atoms with Gasteiger partial charge in [0.05, 0.1) is 11.4 Å². The molecule has 1 aliphatic rings. The largest absolute Gasteiger partial charge is 0.397 e. The van der Waals surface area contributed by atoms with Crippen LogP contribution in [-0.4, -0.2) is 19.5 Å². The number of nitrogens with two attached hydrogens (primary N) is 1. The number of nitrogens with one attached hydrogen (secondary N) is 1. The van der Waals surface area contributed by atoms with Crippen LogP contribution >= 0.6 is 11.9 Å². The van der Waals surface area contributed by atoms with Crippen LogP contribution in [-0.2, 0) is 0 Å². The van der Waals surface area contributed by atoms with Gasteiger partial charge in [0.25, 0.3) is 0 Å². The third kappa shape index (κ3) is 5.04. The average molecular weight is 378 g/mol. The van der Waals surface area contributed by atoms with Gasteiger partial charge in [0, 0.05) is 37.0 Å². The first-order valence-corrected chi connectivity index (χ1v) is 9.68. The van der Waals surface area contributed by atoms with Crippen LogP contribution in [0.1, 0.15) is 25.7 Å². The fourth-order valence-corrected chi connectivity index (χ4v) is 3.97. The predicted octanol–water partition coefficient (Wildman–Crippen LogP) is 5.65. The molecule has 1 saturated carbocycles. The van der Waals surface area contributed by atoms with Crippen molar-refractivity contribution in [3.8, 4) is 0 Å². The number of alkyl halides is 2. The van der Waals surface area contributed by atoms with Crippen molar-refractivity contribution in [2.45, 2.75) is 36.5 Å². The highest BCUT2D eigenvalue weighted by atomic mass is 32.2. The van der Waals surface area contributed by atoms with Crippen molar-refractivity contribution in [2.24, 2.45) is 5.92 Å². The molecule has 2 aromatic rings. The number of hydrogen-bond acceptors (Lipinski definition) is 4. The average Bonchev–Trinajstić information content (AvgIpc) is 2.62. The van der Waals surface area contributed by atoms with E-state index in [0.29, 0.717) is 25.1 Å². The molecule has 3 rings (SSSR count). The van der Waals surface area contributed by atoms with E-state index in [4.69, 9.17) is 5.73 Å². The molecule has 1 fully saturated rings. The fraction of sp³-hybridized carbons (Fsp3) is 0.400. The zero-order valence-electron chi connectivity index (χ0n) is 14.9. The van der Waals surface area contributed by atoms with Gasteiger partial charge in [-0.3, -0.25) is 0 Å². The Kier molecular flexibility index (Phi) is 5.91. The summed E-state index contributed by atoms with van der Waals surface area (Å²) in [4.78, 5) is 1.16. The zero-order valence-corrected chi connectivity index (χ0v) is 15.7. The maximum atomic E-state index is 13.2. The van der Waals surface area contributed by atoms with Crippen LogP contribution in [0.5, 0.6) is 0 Å². The van der Waals surface area contributed by atoms with E-state index in [9.17, 15) is 8.78 Å². The lowest BCUT2D eigenvalue weighted by atomic mass is 9.87. The second-order valence-corrected chi connectivity index (χ2v) is 8.06. The molecule has 2 aromatic carbocycles. The minimum atomic E-state index is -2.47. The molecule has 0 atom stereocenters. The molecule has 3 N–H and O–H groups in total. The Bertz CT molecular complexity index is 714. The molecule has 1 aliphatic carbocycles. The van der Waals surface area contributed by atoms with Crippen molar-refractivity contribution in [2.75, 3.05) is 28.9 Å². The van der Waals surface area contributed by atoms with Gasteiger partial charge in [-0.05, 0) is 61.0 Å². The number of anilines is 3. The van der Waals surface area contributed by atoms with E-state index in [-0.39, 0.29) is 18.8 Å². The molecule has 0 saturated heterocycles. The molecule has 0 spiro atoms. The van der Waals surface area contributed by atoms with E-state index < -0.39 is 5.92 Å². The van der Waals surface area contributed by atoms with Gasteiger partial charge in [0.2, 0.25) is 5.92 Å². The summed E-state index contributed by atoms with van der Waals surface area (Å²) in [5.74, 6) is -2.19. The van der Waals surface area contributed by atoms with Crippen molar-refractivity contribution in [3.63, 3.8) is 0 Å². The summed E-state index contributed by atoms with van der Waals surface area (Å²) in [7, 11) is 2.00. The van der Waals surface area contributed by atoms with Gasteiger partial charge >= 0.3 is 0 Å². The van der Waals surface area contributed by atoms with E-state index in [2.05, 4.69) is 21.8 Å². The minimum absolute atomic E-state index is 0.00469. The lowest BCUT2D eigenvalue weighted by Gasteiger charge is -2.28. The molecule has 6 heteroatoms. The Hall–Kier alpha value is -1.95. The molecule has 0 unspecified atom stereocenters. The second kappa shape index (κ2) is 8.16. The molecule has 0 amide bonds. The number of hydrogen-bond donors (Lipinski definition) is 2. The molecule has 3 nitrogen and oxygen atoms in total. The third-order valence-corrected chi connectivity index (χ3v) is 5.77. The summed E-state index contributed by atoms with van der Waals surface area (Å²) >= 11 is 1.63. The van der Waals surface area contributed by atoms with Gasteiger partial charge in [0.1, 0.15) is 0 Å². The summed E-state index contributed by atoms with van der Waals surface area (Å²) < 4.78 is 28.5. The monoisotopic (exact) mass is 377 g/mol. The molecular weight excluding hydrogens is 352 g/mol. The Labute approximate surface area is 158 Å². The van der Waals surface area contributed by atoms with Crippen LogP contribution in [0.25, 0.3) is 0 Å². The van der Waals surface area contributed by atoms with Crippen LogP contribution in [0.2, 0.25) is 0 Å². The normalized spacial score (nSPS) is 17.0. The minimum Gasteiger partial charge on any atom is -0.397 e. The lowest BCUT2D eigenvalue weighted by Crippen LogP contribution is -2.28. The van der Waals surface area contributed by atoms with E-state index in [1.54, 1.807) is 11.9 Å². The Morgan fingerprint density at radius 3 is 2.50 bits per heavy atom. The molecule has 0 aromatic heterocycles. The zero-order chi connectivity index (χ0) is 18.6. The summed E-state index contributed by atoms with van der Waals surface area (Å²) in [5.41, 5.74) is 8.74. The number of nitrogen functional groups attached to an aromatic ring is 1. The lowest BCUT2D eigenvalue weighted by molar-refractivity contribution is -0.0443. The smallest absolute Gasteiger partial charge is 0.248 e. The molecule has 26 heavy (non-hydrogen) atoms. The van der Waals surface area contributed by atoms with Crippen LogP contribution < -0.4 is 15.4 Å². The maximum Gasteiger partial charge on any atom is 0.248 e. The standard InChI is InChI=1S/C20H25F2N3S/c1-25(26-17-5-3-2-4-6-17)16-7-8-19(18(23)13-16)24-14-15-9-11-20(21,22)12-10-15/h2-8,13,15,24H,9-12,14,23H2,1H3. The number of rotatable bonds is 6. The summed E-state index contributed by atoms with van der Waals surface area (Å²) in [6.45, 7) is 0.689. The van der Waals surface area contributed by atoms with E-state index in [1.807, 2.05) is 43.4 Å². The molecule has 0 radical (unpaired) electrons. The highest BCUT2D eigenvalue weighted by Crippen LogP contribution is 2.37. The van der Waals surface area contributed by atoms with Crippen molar-refractivity contribution in [3.05, 3.63) is 48.5 Å². The quantitative estimate of drug-likeness (QED) is 0.504. The van der Waals surface area contributed by atoms with Gasteiger partial charge < -0.3 is 15.4 Å². The predicted molar refractivity (Wildman–Crippen MR) is 107 cm³/mol. The summed E-state index contributed by atoms with van der Waals surface area (Å²) in [6.07, 6.45) is 1.12. The first-order valence-electron chi connectivity index (χ1n) is 8.91. The van der Waals surface area contributed by atoms with Gasteiger partial charge in [0.15, 0.2) is 0 Å². The number of halogens is 2. The van der Waals surface area contributed by atoms with E-state index >= 15 is 0 Å². The molecular formula is C20H25F2N3S. The first-order chi connectivity index (χ1) is 12.4. The Morgan fingerprint density at radius 2 is 1.85 bits per heavy atom. The first kappa shape index (κ1) is 18.8. The number of benzene rings is 2. The van der Waals surface area contributed by atoms with Crippen molar-refractivity contribution >= 4 is 29.0 Å². The SMILES string of the molecule is CN(Sc1ccccc1)c1ccc(NCC2CCC(F)(F)CC2)c(N)c1. The summed E-state index contributed by atoms with van der Waals surface area (Å²) in [6, 6.07) is 16.1. The molecule has 140 valence electrons. The van der Waals surface area contributed by atoms with Gasteiger partial charge in [-0.1, -0.05) is 18.2 Å². The fourth-order valence-electron chi connectivity index (χ4n) is 3.16. The Balaban J connectivity index is 1.55. The topological polar surface area (TPSA) is 41.3 Å². The van der Waals surface area contributed by atoms with E-state index in [0.717, 1.165) is 16.3 Å². The second-order valence-electron chi connectivity index (χ2n) is 6.85. The van der Waals surface area contributed by atoms with Gasteiger partial charge in [-0.15, -0.1) is 0 Å². The van der Waals surface area contributed by atoms with Gasteiger partial charge in [-0.25, -0.2) is 8.78 Å². The Morgan fingerprint density at radius 1 is 1.15 bits per heavy atom. The molecule has 0 aliphatic heterocycles. The third-order valence-electron chi connectivity index (χ3n) is 4.80. The van der Waals surface area contributed by atoms with Crippen LogP contribution in [0, 0.1) is 5.92 Å². The summed E-state index contributed by atoms with van der Waals surface area (Å²) in [5, 5.41) is 3.33. The maximum absolute atomic E-state index is 13.2. The van der Waals surface area contributed by atoms with Gasteiger partial charge in [-0.2, -0.15) is 0 Å². The molecule has 0 heterocycles.